The lowest BCUT2D eigenvalue weighted by atomic mass is 9.91. The summed E-state index contributed by atoms with van der Waals surface area (Å²) in [4.78, 5) is 0. The molecule has 0 aliphatic heterocycles. The van der Waals surface area contributed by atoms with Crippen LogP contribution in [-0.4, -0.2) is 11.7 Å². The number of hydrogen-bond donors (Lipinski definition) is 0. The van der Waals surface area contributed by atoms with Crippen LogP contribution in [0.1, 0.15) is 43.2 Å². The first kappa shape index (κ1) is 17.2. The van der Waals surface area contributed by atoms with Gasteiger partial charge in [0.2, 0.25) is 0 Å². The number of ether oxygens (including phenoxy) is 1. The molecule has 1 heterocycles. The number of para-hydroxylation sites is 1. The molecule has 0 radical (unpaired) electrons. The molecule has 2 heteroatoms. The van der Waals surface area contributed by atoms with E-state index >= 15 is 0 Å². The molecule has 0 amide bonds. The largest absolute Gasteiger partial charge is 0.497 e. The highest BCUT2D eigenvalue weighted by Gasteiger charge is 2.17. The lowest BCUT2D eigenvalue weighted by Crippen LogP contribution is -1.98. The van der Waals surface area contributed by atoms with Crippen molar-refractivity contribution in [2.45, 2.75) is 32.1 Å². The van der Waals surface area contributed by atoms with Crippen molar-refractivity contribution in [1.29, 1.82) is 0 Å². The summed E-state index contributed by atoms with van der Waals surface area (Å²) in [5.41, 5.74) is 3.72. The lowest BCUT2D eigenvalue weighted by Gasteiger charge is -2.12. The number of methoxy groups -OCH3 is 1. The Balaban J connectivity index is 2.06. The fourth-order valence-corrected chi connectivity index (χ4v) is 3.18. The third-order valence-corrected chi connectivity index (χ3v) is 4.59. The molecule has 0 bridgehead atoms. The van der Waals surface area contributed by atoms with E-state index in [0.717, 1.165) is 18.6 Å². The third kappa shape index (κ3) is 3.72. The average Bonchev–Trinajstić information content (AvgIpc) is 2.99. The van der Waals surface area contributed by atoms with Crippen LogP contribution in [0.25, 0.3) is 10.9 Å². The Morgan fingerprint density at radius 1 is 1.08 bits per heavy atom. The van der Waals surface area contributed by atoms with Gasteiger partial charge in [0.25, 0.3) is 0 Å². The molecular weight excluding hydrogens is 306 g/mol. The molecule has 0 N–H and O–H groups in total. The van der Waals surface area contributed by atoms with E-state index in [4.69, 9.17) is 4.74 Å². The van der Waals surface area contributed by atoms with Crippen molar-refractivity contribution in [3.8, 4) is 17.6 Å². The minimum Gasteiger partial charge on any atom is -0.497 e. The van der Waals surface area contributed by atoms with Crippen LogP contribution < -0.4 is 4.74 Å². The predicted octanol–water partition coefficient (Wildman–Crippen LogP) is 5.51. The second-order valence-corrected chi connectivity index (χ2v) is 6.34. The monoisotopic (exact) mass is 331 g/mol. The molecular formula is C23H25NO. The summed E-state index contributed by atoms with van der Waals surface area (Å²) in [5.74, 6) is 7.87. The third-order valence-electron chi connectivity index (χ3n) is 4.59. The second kappa shape index (κ2) is 7.94. The van der Waals surface area contributed by atoms with Crippen LogP contribution in [0.5, 0.6) is 5.75 Å². The van der Waals surface area contributed by atoms with Crippen LogP contribution in [0.2, 0.25) is 0 Å². The molecule has 25 heavy (non-hydrogen) atoms. The van der Waals surface area contributed by atoms with Crippen molar-refractivity contribution >= 4 is 10.9 Å². The Labute approximate surface area is 150 Å². The van der Waals surface area contributed by atoms with Crippen molar-refractivity contribution in [3.05, 3.63) is 65.9 Å². The number of hydrogen-bond acceptors (Lipinski definition) is 1. The molecule has 2 aromatic carbocycles. The maximum atomic E-state index is 5.30. The topological polar surface area (TPSA) is 14.2 Å². The number of rotatable bonds is 5. The Kier molecular flexibility index (Phi) is 5.46. The van der Waals surface area contributed by atoms with E-state index in [9.17, 15) is 0 Å². The van der Waals surface area contributed by atoms with E-state index in [1.54, 1.807) is 7.11 Å². The van der Waals surface area contributed by atoms with Crippen LogP contribution in [-0.2, 0) is 7.05 Å². The summed E-state index contributed by atoms with van der Waals surface area (Å²) in [6.07, 6.45) is 5.50. The summed E-state index contributed by atoms with van der Waals surface area (Å²) in [5, 5.41) is 1.27. The minimum atomic E-state index is 0.0777. The molecule has 0 aliphatic rings. The van der Waals surface area contributed by atoms with Crippen LogP contribution in [0.15, 0.2) is 54.7 Å². The second-order valence-electron chi connectivity index (χ2n) is 6.34. The predicted molar refractivity (Wildman–Crippen MR) is 105 cm³/mol. The van der Waals surface area contributed by atoms with Gasteiger partial charge in [0, 0.05) is 30.6 Å². The molecule has 0 saturated carbocycles. The fourth-order valence-electron chi connectivity index (χ4n) is 3.18. The average molecular weight is 331 g/mol. The summed E-state index contributed by atoms with van der Waals surface area (Å²) < 4.78 is 7.49. The molecule has 3 aromatic rings. The molecule has 1 aromatic heterocycles. The van der Waals surface area contributed by atoms with Gasteiger partial charge in [-0.05, 0) is 35.7 Å². The van der Waals surface area contributed by atoms with Gasteiger partial charge >= 0.3 is 0 Å². The normalized spacial score (nSPS) is 11.8. The number of aromatic nitrogens is 1. The molecule has 0 fully saturated rings. The highest BCUT2D eigenvalue weighted by atomic mass is 16.5. The Morgan fingerprint density at radius 3 is 2.56 bits per heavy atom. The number of aryl methyl sites for hydroxylation is 1. The smallest absolute Gasteiger partial charge is 0.118 e. The van der Waals surface area contributed by atoms with E-state index in [-0.39, 0.29) is 5.92 Å². The molecule has 1 atom stereocenters. The van der Waals surface area contributed by atoms with Crippen molar-refractivity contribution in [2.24, 2.45) is 7.05 Å². The zero-order valence-corrected chi connectivity index (χ0v) is 15.3. The zero-order valence-electron chi connectivity index (χ0n) is 15.3. The fraction of sp³-hybridized carbons (Fsp3) is 0.304. The SMILES string of the molecule is CCCCC#CC(c1ccc(OC)cc1)c1cn(C)c2ccccc12. The quantitative estimate of drug-likeness (QED) is 0.444. The summed E-state index contributed by atoms with van der Waals surface area (Å²) in [6.45, 7) is 2.20. The Bertz CT molecular complexity index is 893. The number of unbranched alkanes of at least 4 members (excludes halogenated alkanes) is 2. The van der Waals surface area contributed by atoms with Gasteiger partial charge in [0.1, 0.15) is 5.75 Å². The van der Waals surface area contributed by atoms with Crippen molar-refractivity contribution in [3.63, 3.8) is 0 Å². The summed E-state index contributed by atoms with van der Waals surface area (Å²) >= 11 is 0. The molecule has 0 saturated heterocycles. The van der Waals surface area contributed by atoms with Crippen molar-refractivity contribution in [2.75, 3.05) is 7.11 Å². The minimum absolute atomic E-state index is 0.0777. The molecule has 0 spiro atoms. The Morgan fingerprint density at radius 2 is 1.84 bits per heavy atom. The van der Waals surface area contributed by atoms with Crippen LogP contribution in [0, 0.1) is 11.8 Å². The van der Waals surface area contributed by atoms with E-state index in [2.05, 4.69) is 73.0 Å². The van der Waals surface area contributed by atoms with E-state index in [1.165, 1.54) is 28.5 Å². The first-order valence-electron chi connectivity index (χ1n) is 8.91. The molecule has 0 aliphatic carbocycles. The standard InChI is InChI=1S/C23H25NO/c1-4-5-6-7-10-20(18-13-15-19(25-3)16-14-18)22-17-24(2)23-12-9-8-11-21(22)23/h8-9,11-17,20H,4-6H2,1-3H3. The number of fused-ring (bicyclic) bond motifs is 1. The first-order valence-corrected chi connectivity index (χ1v) is 8.91. The maximum Gasteiger partial charge on any atom is 0.118 e. The van der Waals surface area contributed by atoms with Gasteiger partial charge in [0.05, 0.1) is 13.0 Å². The van der Waals surface area contributed by atoms with Gasteiger partial charge in [-0.2, -0.15) is 0 Å². The van der Waals surface area contributed by atoms with E-state index < -0.39 is 0 Å². The van der Waals surface area contributed by atoms with Gasteiger partial charge in [-0.25, -0.2) is 0 Å². The molecule has 128 valence electrons. The van der Waals surface area contributed by atoms with Crippen molar-refractivity contribution in [1.82, 2.24) is 4.57 Å². The summed E-state index contributed by atoms with van der Waals surface area (Å²) in [6, 6.07) is 16.8. The van der Waals surface area contributed by atoms with E-state index in [1.807, 2.05) is 12.1 Å². The Hall–Kier alpha value is -2.66. The van der Waals surface area contributed by atoms with Crippen molar-refractivity contribution < 1.29 is 4.74 Å². The lowest BCUT2D eigenvalue weighted by molar-refractivity contribution is 0.414. The van der Waals surface area contributed by atoms with E-state index in [0.29, 0.717) is 0 Å². The van der Waals surface area contributed by atoms with Gasteiger partial charge in [-0.15, -0.1) is 5.92 Å². The highest BCUT2D eigenvalue weighted by molar-refractivity contribution is 5.85. The molecule has 1 unspecified atom stereocenters. The van der Waals surface area contributed by atoms with Gasteiger partial charge in [-0.3, -0.25) is 0 Å². The van der Waals surface area contributed by atoms with Gasteiger partial charge in [-0.1, -0.05) is 49.6 Å². The van der Waals surface area contributed by atoms with Gasteiger partial charge < -0.3 is 9.30 Å². The highest BCUT2D eigenvalue weighted by Crippen LogP contribution is 2.32. The van der Waals surface area contributed by atoms with Crippen LogP contribution in [0.3, 0.4) is 0 Å². The van der Waals surface area contributed by atoms with Gasteiger partial charge in [0.15, 0.2) is 0 Å². The zero-order chi connectivity index (χ0) is 17.6. The number of nitrogens with zero attached hydrogens (tertiary/aromatic N) is 1. The molecule has 2 nitrogen and oxygen atoms in total. The summed E-state index contributed by atoms with van der Waals surface area (Å²) in [7, 11) is 3.79. The number of benzene rings is 2. The molecule has 3 rings (SSSR count). The van der Waals surface area contributed by atoms with Crippen LogP contribution in [0.4, 0.5) is 0 Å². The first-order chi connectivity index (χ1) is 12.2. The van der Waals surface area contributed by atoms with Crippen LogP contribution >= 0.6 is 0 Å². The maximum absolute atomic E-state index is 5.30.